The molecule has 1 unspecified atom stereocenters. The number of hydrogen-bond acceptors (Lipinski definition) is 3. The van der Waals surface area contributed by atoms with Gasteiger partial charge in [0.15, 0.2) is 0 Å². The van der Waals surface area contributed by atoms with E-state index in [0.717, 1.165) is 37.3 Å². The maximum Gasteiger partial charge on any atom is 0.224 e. The number of amides is 1. The summed E-state index contributed by atoms with van der Waals surface area (Å²) in [5.41, 5.74) is 2.07. The van der Waals surface area contributed by atoms with Gasteiger partial charge < -0.3 is 16.0 Å². The first-order valence-electron chi connectivity index (χ1n) is 9.67. The Morgan fingerprint density at radius 2 is 1.67 bits per heavy atom. The minimum atomic E-state index is 0.148. The first-order chi connectivity index (χ1) is 11.8. The molecule has 1 aliphatic heterocycles. The van der Waals surface area contributed by atoms with Gasteiger partial charge in [-0.1, -0.05) is 19.3 Å². The monoisotopic (exact) mass is 329 g/mol. The third-order valence-corrected chi connectivity index (χ3v) is 5.31. The van der Waals surface area contributed by atoms with Crippen molar-refractivity contribution in [2.45, 2.75) is 63.8 Å². The van der Waals surface area contributed by atoms with Crippen molar-refractivity contribution in [2.75, 3.05) is 23.7 Å². The molecule has 1 amide bonds. The molecule has 1 saturated carbocycles. The molecule has 1 heterocycles. The summed E-state index contributed by atoms with van der Waals surface area (Å²) in [5.74, 6) is 0.669. The first kappa shape index (κ1) is 17.3. The Bertz CT molecular complexity index is 500. The van der Waals surface area contributed by atoms with E-state index in [1.54, 1.807) is 0 Å². The molecule has 24 heavy (non-hydrogen) atoms. The largest absolute Gasteiger partial charge is 0.382 e. The number of hydrogen-bond donors (Lipinski definition) is 3. The van der Waals surface area contributed by atoms with Crippen LogP contribution in [0.15, 0.2) is 24.3 Å². The van der Waals surface area contributed by atoms with Crippen LogP contribution in [0.2, 0.25) is 0 Å². The van der Waals surface area contributed by atoms with E-state index >= 15 is 0 Å². The zero-order chi connectivity index (χ0) is 16.6. The summed E-state index contributed by atoms with van der Waals surface area (Å²) < 4.78 is 0. The van der Waals surface area contributed by atoms with Crippen molar-refractivity contribution in [1.82, 2.24) is 5.32 Å². The first-order valence-corrected chi connectivity index (χ1v) is 9.67. The van der Waals surface area contributed by atoms with Crippen molar-refractivity contribution in [3.05, 3.63) is 24.3 Å². The van der Waals surface area contributed by atoms with Crippen molar-refractivity contribution in [1.29, 1.82) is 0 Å². The third kappa shape index (κ3) is 5.52. The molecule has 2 aliphatic rings. The molecule has 3 N–H and O–H groups in total. The Kier molecular flexibility index (Phi) is 6.53. The zero-order valence-electron chi connectivity index (χ0n) is 14.7. The molecule has 1 aliphatic carbocycles. The van der Waals surface area contributed by atoms with Crippen LogP contribution in [0, 0.1) is 5.92 Å². The highest BCUT2D eigenvalue weighted by molar-refractivity contribution is 5.91. The number of rotatable bonds is 5. The number of nitrogens with one attached hydrogen (secondary N) is 3. The van der Waals surface area contributed by atoms with Crippen molar-refractivity contribution < 1.29 is 4.79 Å². The third-order valence-electron chi connectivity index (χ3n) is 5.31. The van der Waals surface area contributed by atoms with Crippen LogP contribution in [0.25, 0.3) is 0 Å². The van der Waals surface area contributed by atoms with Crippen LogP contribution in [0.4, 0.5) is 11.4 Å². The Morgan fingerprint density at radius 1 is 0.917 bits per heavy atom. The second-order valence-electron chi connectivity index (χ2n) is 7.36. The second kappa shape index (κ2) is 9.07. The molecule has 1 atom stereocenters. The Labute approximate surface area is 145 Å². The van der Waals surface area contributed by atoms with Crippen LogP contribution in [0.5, 0.6) is 0 Å². The standard InChI is InChI=1S/C20H31N3O/c24-20(15-16-5-4-13-21-14-12-16)23-19-10-8-18(9-11-19)22-17-6-2-1-3-7-17/h8-11,16-17,21-22H,1-7,12-15H2,(H,23,24). The smallest absolute Gasteiger partial charge is 0.224 e. The van der Waals surface area contributed by atoms with Crippen LogP contribution in [0.1, 0.15) is 57.8 Å². The molecule has 3 rings (SSSR count). The lowest BCUT2D eigenvalue weighted by atomic mass is 9.95. The van der Waals surface area contributed by atoms with Crippen LogP contribution in [-0.4, -0.2) is 25.0 Å². The van der Waals surface area contributed by atoms with Gasteiger partial charge in [-0.2, -0.15) is 0 Å². The van der Waals surface area contributed by atoms with E-state index in [4.69, 9.17) is 0 Å². The van der Waals surface area contributed by atoms with E-state index in [1.807, 2.05) is 12.1 Å². The molecule has 132 valence electrons. The summed E-state index contributed by atoms with van der Waals surface area (Å²) in [7, 11) is 0. The van der Waals surface area contributed by atoms with Gasteiger partial charge in [0.25, 0.3) is 0 Å². The van der Waals surface area contributed by atoms with Crippen LogP contribution >= 0.6 is 0 Å². The Hall–Kier alpha value is -1.55. The Morgan fingerprint density at radius 3 is 2.46 bits per heavy atom. The maximum atomic E-state index is 12.2. The van der Waals surface area contributed by atoms with Gasteiger partial charge in [-0.05, 0) is 75.4 Å². The highest BCUT2D eigenvalue weighted by Gasteiger charge is 2.16. The average Bonchev–Trinajstić information content (AvgIpc) is 2.86. The minimum Gasteiger partial charge on any atom is -0.382 e. The van der Waals surface area contributed by atoms with Gasteiger partial charge in [0.05, 0.1) is 0 Å². The Balaban J connectivity index is 1.45. The molecule has 0 bridgehead atoms. The fourth-order valence-corrected chi connectivity index (χ4v) is 3.90. The van der Waals surface area contributed by atoms with E-state index in [0.29, 0.717) is 18.4 Å². The highest BCUT2D eigenvalue weighted by Crippen LogP contribution is 2.23. The van der Waals surface area contributed by atoms with E-state index < -0.39 is 0 Å². The minimum absolute atomic E-state index is 0.148. The molecule has 1 aromatic carbocycles. The molecular formula is C20H31N3O. The summed E-state index contributed by atoms with van der Waals surface area (Å²) in [6.07, 6.45) is 10.7. The predicted molar refractivity (Wildman–Crippen MR) is 100 cm³/mol. The molecule has 0 aromatic heterocycles. The van der Waals surface area contributed by atoms with E-state index in [-0.39, 0.29) is 5.91 Å². The van der Waals surface area contributed by atoms with E-state index in [9.17, 15) is 4.79 Å². The average molecular weight is 329 g/mol. The normalized spacial score (nSPS) is 22.6. The lowest BCUT2D eigenvalue weighted by Gasteiger charge is -2.24. The van der Waals surface area contributed by atoms with Gasteiger partial charge in [0.2, 0.25) is 5.91 Å². The molecular weight excluding hydrogens is 298 g/mol. The summed E-state index contributed by atoms with van der Waals surface area (Å²) in [6, 6.07) is 8.80. The fourth-order valence-electron chi connectivity index (χ4n) is 3.90. The summed E-state index contributed by atoms with van der Waals surface area (Å²) >= 11 is 0. The van der Waals surface area contributed by atoms with E-state index in [2.05, 4.69) is 28.1 Å². The summed E-state index contributed by atoms with van der Waals surface area (Å²) in [6.45, 7) is 2.13. The SMILES string of the molecule is O=C(CC1CCCNCC1)Nc1ccc(NC2CCCCC2)cc1. The molecule has 0 radical (unpaired) electrons. The summed E-state index contributed by atoms with van der Waals surface area (Å²) in [5, 5.41) is 10.1. The predicted octanol–water partition coefficient (Wildman–Crippen LogP) is 4.15. The lowest BCUT2D eigenvalue weighted by molar-refractivity contribution is -0.117. The molecule has 2 fully saturated rings. The van der Waals surface area contributed by atoms with Gasteiger partial charge >= 0.3 is 0 Å². The van der Waals surface area contributed by atoms with Gasteiger partial charge in [-0.3, -0.25) is 4.79 Å². The highest BCUT2D eigenvalue weighted by atomic mass is 16.1. The molecule has 0 spiro atoms. The van der Waals surface area contributed by atoms with Crippen LogP contribution in [0.3, 0.4) is 0 Å². The molecule has 1 saturated heterocycles. The molecule has 4 heteroatoms. The van der Waals surface area contributed by atoms with Gasteiger partial charge in [-0.25, -0.2) is 0 Å². The molecule has 1 aromatic rings. The lowest BCUT2D eigenvalue weighted by Crippen LogP contribution is -2.22. The number of benzene rings is 1. The van der Waals surface area contributed by atoms with Crippen molar-refractivity contribution in [2.24, 2.45) is 5.92 Å². The quantitative estimate of drug-likeness (QED) is 0.760. The van der Waals surface area contributed by atoms with Gasteiger partial charge in [-0.15, -0.1) is 0 Å². The zero-order valence-corrected chi connectivity index (χ0v) is 14.7. The van der Waals surface area contributed by atoms with E-state index in [1.165, 1.54) is 38.5 Å². The van der Waals surface area contributed by atoms with Gasteiger partial charge in [0.1, 0.15) is 0 Å². The number of anilines is 2. The van der Waals surface area contributed by atoms with Gasteiger partial charge in [0, 0.05) is 23.8 Å². The summed E-state index contributed by atoms with van der Waals surface area (Å²) in [4.78, 5) is 12.2. The maximum absolute atomic E-state index is 12.2. The van der Waals surface area contributed by atoms with Crippen molar-refractivity contribution >= 4 is 17.3 Å². The molecule has 4 nitrogen and oxygen atoms in total. The number of carbonyl (C=O) groups is 1. The van der Waals surface area contributed by atoms with Crippen LogP contribution < -0.4 is 16.0 Å². The van der Waals surface area contributed by atoms with Crippen molar-refractivity contribution in [3.8, 4) is 0 Å². The van der Waals surface area contributed by atoms with Crippen molar-refractivity contribution in [3.63, 3.8) is 0 Å². The topological polar surface area (TPSA) is 53.2 Å². The van der Waals surface area contributed by atoms with Crippen LogP contribution in [-0.2, 0) is 4.79 Å². The fraction of sp³-hybridized carbons (Fsp3) is 0.650. The second-order valence-corrected chi connectivity index (χ2v) is 7.36. The number of carbonyl (C=O) groups excluding carboxylic acids is 1.